The number of nitrogens with one attached hydrogen (secondary N) is 1. The summed E-state index contributed by atoms with van der Waals surface area (Å²) in [6.07, 6.45) is 0.543. The minimum Gasteiger partial charge on any atom is -0.497 e. The van der Waals surface area contributed by atoms with Crippen molar-refractivity contribution in [3.63, 3.8) is 0 Å². The zero-order valence-corrected chi connectivity index (χ0v) is 17.4. The number of aromatic amines is 1. The molecular weight excluding hydrogens is 372 g/mol. The average molecular weight is 397 g/mol. The number of aryl methyl sites for hydroxylation is 2. The van der Waals surface area contributed by atoms with Gasteiger partial charge in [0, 0.05) is 10.5 Å². The van der Waals surface area contributed by atoms with Crippen molar-refractivity contribution in [2.75, 3.05) is 7.11 Å². The van der Waals surface area contributed by atoms with Crippen molar-refractivity contribution in [1.82, 2.24) is 9.55 Å². The summed E-state index contributed by atoms with van der Waals surface area (Å²) in [6, 6.07) is 13.6. The molecule has 0 saturated heterocycles. The summed E-state index contributed by atoms with van der Waals surface area (Å²) in [4.78, 5) is 29.6. The highest BCUT2D eigenvalue weighted by Gasteiger charge is 2.14. The summed E-state index contributed by atoms with van der Waals surface area (Å²) in [6.45, 7) is 6.20. The van der Waals surface area contributed by atoms with Gasteiger partial charge >= 0.3 is 5.69 Å². The lowest BCUT2D eigenvalue weighted by Crippen LogP contribution is -2.38. The van der Waals surface area contributed by atoms with Crippen LogP contribution in [0, 0.1) is 13.8 Å². The molecule has 0 spiro atoms. The van der Waals surface area contributed by atoms with Gasteiger partial charge in [-0.15, -0.1) is 0 Å². The van der Waals surface area contributed by atoms with Crippen LogP contribution < -0.4 is 16.0 Å². The normalized spacial score (nSPS) is 10.9. The van der Waals surface area contributed by atoms with Gasteiger partial charge in [-0.1, -0.05) is 36.9 Å². The van der Waals surface area contributed by atoms with E-state index in [0.717, 1.165) is 21.6 Å². The summed E-state index contributed by atoms with van der Waals surface area (Å²) in [5.41, 5.74) is 3.09. The van der Waals surface area contributed by atoms with E-state index in [9.17, 15) is 9.59 Å². The first-order chi connectivity index (χ1) is 13.4. The monoisotopic (exact) mass is 396 g/mol. The van der Waals surface area contributed by atoms with E-state index in [4.69, 9.17) is 4.74 Å². The van der Waals surface area contributed by atoms with E-state index in [2.05, 4.69) is 23.2 Å². The van der Waals surface area contributed by atoms with Gasteiger partial charge in [-0.3, -0.25) is 9.36 Å². The third-order valence-corrected chi connectivity index (χ3v) is 5.51. The largest absolute Gasteiger partial charge is 0.497 e. The molecule has 146 valence electrons. The summed E-state index contributed by atoms with van der Waals surface area (Å²) in [5.74, 6) is 0.694. The zero-order valence-electron chi connectivity index (χ0n) is 16.5. The highest BCUT2D eigenvalue weighted by Crippen LogP contribution is 2.28. The van der Waals surface area contributed by atoms with Gasteiger partial charge in [0.25, 0.3) is 5.56 Å². The Morgan fingerprint density at radius 3 is 2.43 bits per heavy atom. The van der Waals surface area contributed by atoms with E-state index in [1.807, 2.05) is 45.0 Å². The molecule has 1 aromatic heterocycles. The molecule has 0 aliphatic carbocycles. The number of H-pyrrole nitrogens is 1. The Morgan fingerprint density at radius 2 is 1.79 bits per heavy atom. The standard InChI is InChI=1S/C22H24N2O3S/c1-5-19-20(28-18-10-14(2)9-15(3)11-18)23-22(26)24(21(19)25)13-16-7-6-8-17(12-16)27-4/h6-12H,5,13H2,1-4H3,(H,23,26). The molecule has 2 aromatic carbocycles. The van der Waals surface area contributed by atoms with Crippen LogP contribution in [-0.2, 0) is 13.0 Å². The maximum atomic E-state index is 13.0. The van der Waals surface area contributed by atoms with Gasteiger partial charge < -0.3 is 9.72 Å². The van der Waals surface area contributed by atoms with Gasteiger partial charge in [0.15, 0.2) is 0 Å². The smallest absolute Gasteiger partial charge is 0.329 e. The molecule has 0 aliphatic rings. The van der Waals surface area contributed by atoms with Crippen molar-refractivity contribution in [1.29, 1.82) is 0 Å². The van der Waals surface area contributed by atoms with E-state index >= 15 is 0 Å². The van der Waals surface area contributed by atoms with Crippen LogP contribution in [0.15, 0.2) is 62.0 Å². The Balaban J connectivity index is 2.01. The van der Waals surface area contributed by atoms with Crippen molar-refractivity contribution in [3.8, 4) is 5.75 Å². The molecule has 0 radical (unpaired) electrons. The molecule has 3 rings (SSSR count). The number of methoxy groups -OCH3 is 1. The molecule has 0 unspecified atom stereocenters. The molecule has 3 aromatic rings. The lowest BCUT2D eigenvalue weighted by atomic mass is 10.2. The van der Waals surface area contributed by atoms with Crippen LogP contribution in [-0.4, -0.2) is 16.7 Å². The molecule has 1 N–H and O–H groups in total. The molecule has 0 saturated carbocycles. The molecule has 5 nitrogen and oxygen atoms in total. The molecule has 0 aliphatic heterocycles. The molecular formula is C22H24N2O3S. The van der Waals surface area contributed by atoms with Crippen LogP contribution in [0.1, 0.15) is 29.2 Å². The summed E-state index contributed by atoms with van der Waals surface area (Å²) in [5, 5.41) is 0.615. The van der Waals surface area contributed by atoms with Crippen molar-refractivity contribution < 1.29 is 4.74 Å². The minimum absolute atomic E-state index is 0.201. The highest BCUT2D eigenvalue weighted by atomic mass is 32.2. The number of hydrogen-bond donors (Lipinski definition) is 1. The second kappa shape index (κ2) is 8.52. The highest BCUT2D eigenvalue weighted by molar-refractivity contribution is 7.99. The first-order valence-corrected chi connectivity index (χ1v) is 9.98. The van der Waals surface area contributed by atoms with Crippen LogP contribution in [0.4, 0.5) is 0 Å². The predicted octanol–water partition coefficient (Wildman–Crippen LogP) is 3.92. The number of ether oxygens (including phenoxy) is 1. The van der Waals surface area contributed by atoms with Gasteiger partial charge in [0.1, 0.15) is 5.75 Å². The molecule has 0 amide bonds. The fourth-order valence-electron chi connectivity index (χ4n) is 3.20. The summed E-state index contributed by atoms with van der Waals surface area (Å²) in [7, 11) is 1.59. The Hall–Kier alpha value is -2.73. The van der Waals surface area contributed by atoms with E-state index in [0.29, 0.717) is 22.8 Å². The van der Waals surface area contributed by atoms with Gasteiger partial charge in [-0.2, -0.15) is 0 Å². The quantitative estimate of drug-likeness (QED) is 0.642. The van der Waals surface area contributed by atoms with E-state index in [1.54, 1.807) is 7.11 Å². The molecule has 1 heterocycles. The predicted molar refractivity (Wildman–Crippen MR) is 113 cm³/mol. The maximum absolute atomic E-state index is 13.0. The number of nitrogens with zero attached hydrogens (tertiary/aromatic N) is 1. The van der Waals surface area contributed by atoms with Crippen LogP contribution in [0.2, 0.25) is 0 Å². The van der Waals surface area contributed by atoms with Gasteiger partial charge in [0.05, 0.1) is 18.7 Å². The van der Waals surface area contributed by atoms with Crippen LogP contribution in [0.25, 0.3) is 0 Å². The maximum Gasteiger partial charge on any atom is 0.329 e. The van der Waals surface area contributed by atoms with Crippen molar-refractivity contribution in [3.05, 3.63) is 85.6 Å². The number of benzene rings is 2. The minimum atomic E-state index is -0.406. The fraction of sp³-hybridized carbons (Fsp3) is 0.273. The molecule has 6 heteroatoms. The van der Waals surface area contributed by atoms with Crippen LogP contribution in [0.3, 0.4) is 0 Å². The second-order valence-electron chi connectivity index (χ2n) is 6.76. The Morgan fingerprint density at radius 1 is 1.07 bits per heavy atom. The number of hydrogen-bond acceptors (Lipinski definition) is 4. The van der Waals surface area contributed by atoms with E-state index in [-0.39, 0.29) is 12.1 Å². The topological polar surface area (TPSA) is 64.1 Å². The first kappa shape index (κ1) is 20.0. The van der Waals surface area contributed by atoms with Gasteiger partial charge in [-0.05, 0) is 61.2 Å². The number of rotatable bonds is 6. The summed E-state index contributed by atoms with van der Waals surface area (Å²) < 4.78 is 6.48. The third kappa shape index (κ3) is 4.39. The van der Waals surface area contributed by atoms with E-state index in [1.165, 1.54) is 16.3 Å². The lowest BCUT2D eigenvalue weighted by Gasteiger charge is -2.12. The molecule has 0 bridgehead atoms. The van der Waals surface area contributed by atoms with Crippen molar-refractivity contribution in [2.24, 2.45) is 0 Å². The molecule has 0 atom stereocenters. The fourth-order valence-corrected chi connectivity index (χ4v) is 4.42. The van der Waals surface area contributed by atoms with Gasteiger partial charge in [-0.25, -0.2) is 4.79 Å². The first-order valence-electron chi connectivity index (χ1n) is 9.16. The number of aromatic nitrogens is 2. The van der Waals surface area contributed by atoms with Crippen LogP contribution in [0.5, 0.6) is 5.75 Å². The average Bonchev–Trinajstić information content (AvgIpc) is 2.64. The third-order valence-electron chi connectivity index (χ3n) is 4.49. The van der Waals surface area contributed by atoms with E-state index < -0.39 is 5.69 Å². The Kier molecular flexibility index (Phi) is 6.09. The second-order valence-corrected chi connectivity index (χ2v) is 7.84. The van der Waals surface area contributed by atoms with Crippen molar-refractivity contribution >= 4 is 11.8 Å². The molecule has 28 heavy (non-hydrogen) atoms. The summed E-state index contributed by atoms with van der Waals surface area (Å²) >= 11 is 1.43. The SMILES string of the molecule is CCc1c(Sc2cc(C)cc(C)c2)[nH]c(=O)n(Cc2cccc(OC)c2)c1=O. The Labute approximate surface area is 168 Å². The Bertz CT molecular complexity index is 1100. The van der Waals surface area contributed by atoms with Crippen molar-refractivity contribution in [2.45, 2.75) is 43.7 Å². The lowest BCUT2D eigenvalue weighted by molar-refractivity contribution is 0.414. The van der Waals surface area contributed by atoms with Gasteiger partial charge in [0.2, 0.25) is 0 Å². The molecule has 0 fully saturated rings. The van der Waals surface area contributed by atoms with Crippen LogP contribution >= 0.6 is 11.8 Å². The zero-order chi connectivity index (χ0) is 20.3.